The molecule has 0 aliphatic heterocycles. The van der Waals surface area contributed by atoms with Crippen molar-refractivity contribution in [2.45, 2.75) is 412 Å². The standard InChI is InChI=1S/C75H140O6/c1-4-7-10-13-16-19-22-25-28-30-32-33-34-35-36-37-38-39-40-41-42-43-44-46-47-50-53-56-59-62-65-68-74(77)80-71-72(70-79-73(76)67-64-61-58-55-52-49-27-24-21-18-15-12-9-6-3)81-75(78)69-66-63-60-57-54-51-48-45-31-29-26-23-20-17-14-11-8-5-2/h20,23,29-32,72H,4-19,21-22,24-28,33-71H2,1-3H3/b23-20-,31-29-,32-30-. The fourth-order valence-electron chi connectivity index (χ4n) is 11.1. The Morgan fingerprint density at radius 1 is 0.247 bits per heavy atom. The number of hydrogen-bond donors (Lipinski definition) is 0. The fourth-order valence-corrected chi connectivity index (χ4v) is 11.1. The zero-order chi connectivity index (χ0) is 58.5. The number of rotatable bonds is 68. The molecule has 0 bridgehead atoms. The minimum Gasteiger partial charge on any atom is -0.462 e. The Morgan fingerprint density at radius 3 is 0.704 bits per heavy atom. The van der Waals surface area contributed by atoms with E-state index in [1.54, 1.807) is 0 Å². The van der Waals surface area contributed by atoms with Gasteiger partial charge < -0.3 is 14.2 Å². The van der Waals surface area contributed by atoms with Crippen LogP contribution in [0.2, 0.25) is 0 Å². The van der Waals surface area contributed by atoms with Gasteiger partial charge in [0.1, 0.15) is 13.2 Å². The van der Waals surface area contributed by atoms with Gasteiger partial charge in [0.2, 0.25) is 0 Å². The second-order valence-electron chi connectivity index (χ2n) is 24.9. The van der Waals surface area contributed by atoms with Gasteiger partial charge >= 0.3 is 17.9 Å². The first-order chi connectivity index (χ1) is 40.0. The normalized spacial score (nSPS) is 12.2. The molecule has 0 aliphatic rings. The lowest BCUT2D eigenvalue weighted by atomic mass is 10.0. The van der Waals surface area contributed by atoms with Crippen LogP contribution in [0.15, 0.2) is 36.5 Å². The molecule has 476 valence electrons. The van der Waals surface area contributed by atoms with Gasteiger partial charge in [-0.15, -0.1) is 0 Å². The van der Waals surface area contributed by atoms with Crippen LogP contribution in [-0.4, -0.2) is 37.2 Å². The number of ether oxygens (including phenoxy) is 3. The maximum atomic E-state index is 12.9. The van der Waals surface area contributed by atoms with Crippen molar-refractivity contribution in [2.24, 2.45) is 0 Å². The van der Waals surface area contributed by atoms with Crippen molar-refractivity contribution in [3.05, 3.63) is 36.5 Å². The Labute approximate surface area is 506 Å². The van der Waals surface area contributed by atoms with E-state index >= 15 is 0 Å². The second kappa shape index (κ2) is 70.1. The summed E-state index contributed by atoms with van der Waals surface area (Å²) in [6.07, 6.45) is 87.6. The zero-order valence-corrected chi connectivity index (χ0v) is 54.8. The quantitative estimate of drug-likeness (QED) is 0.0261. The molecule has 1 unspecified atom stereocenters. The van der Waals surface area contributed by atoms with Gasteiger partial charge in [-0.25, -0.2) is 0 Å². The number of carbonyl (C=O) groups is 3. The van der Waals surface area contributed by atoms with Crippen LogP contribution in [0.3, 0.4) is 0 Å². The lowest BCUT2D eigenvalue weighted by molar-refractivity contribution is -0.167. The van der Waals surface area contributed by atoms with Crippen molar-refractivity contribution in [3.63, 3.8) is 0 Å². The van der Waals surface area contributed by atoms with Gasteiger partial charge in [0.15, 0.2) is 6.10 Å². The first kappa shape index (κ1) is 78.6. The summed E-state index contributed by atoms with van der Waals surface area (Å²) < 4.78 is 17.0. The minimum absolute atomic E-state index is 0.0697. The SMILES string of the molecule is CCCCCC/C=C\C/C=C\CCCCCCCCCC(=O)OC(COC(=O)CCCCCCCCCCCCCCCC)COC(=O)CCCCCCCCCCCCCCCCCCCCC/C=C\CCCCCCCCCC. The largest absolute Gasteiger partial charge is 0.462 e. The molecule has 0 amide bonds. The van der Waals surface area contributed by atoms with Gasteiger partial charge in [-0.1, -0.05) is 346 Å². The van der Waals surface area contributed by atoms with Gasteiger partial charge in [-0.05, 0) is 77.0 Å². The molecular weight excluding hydrogens is 997 g/mol. The van der Waals surface area contributed by atoms with Crippen LogP contribution in [0.25, 0.3) is 0 Å². The van der Waals surface area contributed by atoms with Gasteiger partial charge in [-0.3, -0.25) is 14.4 Å². The van der Waals surface area contributed by atoms with E-state index < -0.39 is 6.10 Å². The first-order valence-electron chi connectivity index (χ1n) is 36.5. The van der Waals surface area contributed by atoms with Crippen molar-refractivity contribution in [1.29, 1.82) is 0 Å². The van der Waals surface area contributed by atoms with Crippen LogP contribution in [0.5, 0.6) is 0 Å². The van der Waals surface area contributed by atoms with Gasteiger partial charge in [0.25, 0.3) is 0 Å². The summed E-state index contributed by atoms with van der Waals surface area (Å²) in [6, 6.07) is 0. The third kappa shape index (κ3) is 68.3. The third-order valence-electron chi connectivity index (χ3n) is 16.6. The summed E-state index contributed by atoms with van der Waals surface area (Å²) in [7, 11) is 0. The highest BCUT2D eigenvalue weighted by Crippen LogP contribution is 2.19. The van der Waals surface area contributed by atoms with E-state index in [0.717, 1.165) is 70.6 Å². The first-order valence-corrected chi connectivity index (χ1v) is 36.5. The van der Waals surface area contributed by atoms with Crippen LogP contribution < -0.4 is 0 Å². The molecule has 0 heterocycles. The topological polar surface area (TPSA) is 78.9 Å². The van der Waals surface area contributed by atoms with Crippen molar-refractivity contribution in [3.8, 4) is 0 Å². The predicted octanol–water partition coefficient (Wildman–Crippen LogP) is 25.1. The zero-order valence-electron chi connectivity index (χ0n) is 54.8. The van der Waals surface area contributed by atoms with E-state index in [0.29, 0.717) is 19.3 Å². The number of unbranched alkanes of at least 4 members (excludes halogenated alkanes) is 51. The summed E-state index contributed by atoms with van der Waals surface area (Å²) in [6.45, 7) is 6.69. The molecule has 81 heavy (non-hydrogen) atoms. The molecular formula is C75H140O6. The highest BCUT2D eigenvalue weighted by atomic mass is 16.6. The fraction of sp³-hybridized carbons (Fsp3) is 0.880. The second-order valence-corrected chi connectivity index (χ2v) is 24.9. The van der Waals surface area contributed by atoms with Crippen LogP contribution in [0, 0.1) is 0 Å². The summed E-state index contributed by atoms with van der Waals surface area (Å²) >= 11 is 0. The third-order valence-corrected chi connectivity index (χ3v) is 16.6. The maximum Gasteiger partial charge on any atom is 0.306 e. The highest BCUT2D eigenvalue weighted by Gasteiger charge is 2.19. The molecule has 0 radical (unpaired) electrons. The molecule has 0 aromatic rings. The van der Waals surface area contributed by atoms with Gasteiger partial charge in [0.05, 0.1) is 0 Å². The Morgan fingerprint density at radius 2 is 0.444 bits per heavy atom. The van der Waals surface area contributed by atoms with E-state index in [9.17, 15) is 14.4 Å². The Balaban J connectivity index is 4.16. The molecule has 0 spiro atoms. The number of esters is 3. The molecule has 0 saturated carbocycles. The number of carbonyl (C=O) groups excluding carboxylic acids is 3. The molecule has 1 atom stereocenters. The molecule has 6 heteroatoms. The maximum absolute atomic E-state index is 12.9. The van der Waals surface area contributed by atoms with Crippen molar-refractivity contribution < 1.29 is 28.6 Å². The van der Waals surface area contributed by atoms with E-state index in [2.05, 4.69) is 57.2 Å². The van der Waals surface area contributed by atoms with Crippen molar-refractivity contribution in [1.82, 2.24) is 0 Å². The molecule has 0 saturated heterocycles. The van der Waals surface area contributed by atoms with Gasteiger partial charge in [0, 0.05) is 19.3 Å². The number of hydrogen-bond acceptors (Lipinski definition) is 6. The van der Waals surface area contributed by atoms with Crippen LogP contribution >= 0.6 is 0 Å². The lowest BCUT2D eigenvalue weighted by Crippen LogP contribution is -2.30. The summed E-state index contributed by atoms with van der Waals surface area (Å²) in [5.41, 5.74) is 0. The summed E-state index contributed by atoms with van der Waals surface area (Å²) in [5.74, 6) is -0.847. The summed E-state index contributed by atoms with van der Waals surface area (Å²) in [5, 5.41) is 0. The van der Waals surface area contributed by atoms with Crippen LogP contribution in [0.4, 0.5) is 0 Å². The van der Waals surface area contributed by atoms with Crippen molar-refractivity contribution in [2.75, 3.05) is 13.2 Å². The lowest BCUT2D eigenvalue weighted by Gasteiger charge is -2.18. The summed E-state index contributed by atoms with van der Waals surface area (Å²) in [4.78, 5) is 38.4. The van der Waals surface area contributed by atoms with E-state index in [4.69, 9.17) is 14.2 Å². The Hall–Kier alpha value is -2.37. The molecule has 0 aromatic carbocycles. The average molecular weight is 1140 g/mol. The monoisotopic (exact) mass is 1140 g/mol. The highest BCUT2D eigenvalue weighted by molar-refractivity contribution is 5.71. The van der Waals surface area contributed by atoms with E-state index in [1.807, 2.05) is 0 Å². The molecule has 0 fully saturated rings. The minimum atomic E-state index is -0.774. The van der Waals surface area contributed by atoms with E-state index in [-0.39, 0.29) is 31.1 Å². The molecule has 6 nitrogen and oxygen atoms in total. The Bertz CT molecular complexity index is 1350. The van der Waals surface area contributed by atoms with E-state index in [1.165, 1.54) is 295 Å². The smallest absolute Gasteiger partial charge is 0.306 e. The Kier molecular flexibility index (Phi) is 68.1. The van der Waals surface area contributed by atoms with Crippen LogP contribution in [-0.2, 0) is 28.6 Å². The average Bonchev–Trinajstić information content (AvgIpc) is 3.47. The molecule has 0 aliphatic carbocycles. The molecule has 0 aromatic heterocycles. The molecule has 0 rings (SSSR count). The predicted molar refractivity (Wildman–Crippen MR) is 353 cm³/mol. The van der Waals surface area contributed by atoms with Crippen LogP contribution in [0.1, 0.15) is 406 Å². The number of allylic oxidation sites excluding steroid dienone is 6. The molecule has 0 N–H and O–H groups in total. The van der Waals surface area contributed by atoms with Crippen molar-refractivity contribution >= 4 is 17.9 Å². The van der Waals surface area contributed by atoms with Gasteiger partial charge in [-0.2, -0.15) is 0 Å².